The Morgan fingerprint density at radius 3 is 2.47 bits per heavy atom. The first-order valence-corrected chi connectivity index (χ1v) is 10.2. The third-order valence-electron chi connectivity index (χ3n) is 5.16. The van der Waals surface area contributed by atoms with Crippen LogP contribution in [-0.4, -0.2) is 52.8 Å². The van der Waals surface area contributed by atoms with Gasteiger partial charge in [0.15, 0.2) is 0 Å². The number of ether oxygens (including phenoxy) is 1. The lowest BCUT2D eigenvalue weighted by Gasteiger charge is -2.42. The van der Waals surface area contributed by atoms with E-state index in [9.17, 15) is 22.8 Å². The lowest BCUT2D eigenvalue weighted by molar-refractivity contribution is -0.153. The maximum absolute atomic E-state index is 13.0. The Bertz CT molecular complexity index is 818. The summed E-state index contributed by atoms with van der Waals surface area (Å²) in [5.74, 6) is -1.78. The van der Waals surface area contributed by atoms with Crippen LogP contribution in [0.25, 0.3) is 0 Å². The van der Waals surface area contributed by atoms with Gasteiger partial charge in [-0.25, -0.2) is 4.79 Å². The fraction of sp³-hybridized carbons (Fsp3) is 0.650. The van der Waals surface area contributed by atoms with Crippen molar-refractivity contribution < 1.29 is 27.5 Å². The van der Waals surface area contributed by atoms with E-state index in [1.165, 1.54) is 11.1 Å². The molecular formula is C20H25ClF3N3O3. The van der Waals surface area contributed by atoms with Gasteiger partial charge in [-0.1, -0.05) is 11.6 Å². The number of nitrogens with zero attached hydrogens (tertiary/aromatic N) is 3. The summed E-state index contributed by atoms with van der Waals surface area (Å²) in [4.78, 5) is 32.5. The van der Waals surface area contributed by atoms with E-state index in [4.69, 9.17) is 16.3 Å². The number of piperidine rings is 1. The maximum Gasteiger partial charge on any atom is 0.410 e. The first-order valence-electron chi connectivity index (χ1n) is 9.86. The highest BCUT2D eigenvalue weighted by Crippen LogP contribution is 2.39. The quantitative estimate of drug-likeness (QED) is 0.665. The number of rotatable bonds is 2. The van der Waals surface area contributed by atoms with Crippen molar-refractivity contribution in [2.45, 2.75) is 64.3 Å². The minimum absolute atomic E-state index is 0.0713. The van der Waals surface area contributed by atoms with E-state index in [2.05, 4.69) is 4.98 Å². The van der Waals surface area contributed by atoms with Crippen LogP contribution in [0.2, 0.25) is 5.02 Å². The highest BCUT2D eigenvalue weighted by molar-refractivity contribution is 6.30. The van der Waals surface area contributed by atoms with E-state index in [0.29, 0.717) is 42.3 Å². The average molecular weight is 448 g/mol. The van der Waals surface area contributed by atoms with Crippen molar-refractivity contribution in [1.82, 2.24) is 9.88 Å². The van der Waals surface area contributed by atoms with Crippen LogP contribution >= 0.6 is 11.6 Å². The lowest BCUT2D eigenvalue weighted by atomic mass is 9.89. The molecule has 0 spiro atoms. The molecule has 0 aliphatic carbocycles. The van der Waals surface area contributed by atoms with E-state index in [-0.39, 0.29) is 12.5 Å². The highest BCUT2D eigenvalue weighted by Gasteiger charge is 2.44. The minimum atomic E-state index is -4.45. The van der Waals surface area contributed by atoms with E-state index >= 15 is 0 Å². The molecule has 3 rings (SSSR count). The number of anilines is 1. The van der Waals surface area contributed by atoms with Crippen molar-refractivity contribution in [3.05, 3.63) is 23.0 Å². The standard InChI is InChI=1S/C20H25ClF3N3O3/c1-19(2,3)30-18(29)26-6-4-14(5-7-26)27-16-9-13(21)11-25-15(16)8-12(17(27)28)10-20(22,23)24/h9,11-12,14H,4-8,10H2,1-3H3. The topological polar surface area (TPSA) is 62.7 Å². The van der Waals surface area contributed by atoms with Crippen molar-refractivity contribution >= 4 is 29.3 Å². The zero-order valence-corrected chi connectivity index (χ0v) is 17.9. The molecule has 1 saturated heterocycles. The van der Waals surface area contributed by atoms with Crippen molar-refractivity contribution in [3.8, 4) is 0 Å². The van der Waals surface area contributed by atoms with Crippen molar-refractivity contribution in [1.29, 1.82) is 0 Å². The van der Waals surface area contributed by atoms with E-state index in [1.54, 1.807) is 31.7 Å². The van der Waals surface area contributed by atoms with Gasteiger partial charge in [-0.05, 0) is 39.7 Å². The summed E-state index contributed by atoms with van der Waals surface area (Å²) >= 11 is 6.05. The zero-order valence-electron chi connectivity index (χ0n) is 17.1. The van der Waals surface area contributed by atoms with Gasteiger partial charge in [0.1, 0.15) is 5.60 Å². The molecule has 1 aromatic rings. The largest absolute Gasteiger partial charge is 0.444 e. The number of carbonyl (C=O) groups is 2. The van der Waals surface area contributed by atoms with Gasteiger partial charge in [0.25, 0.3) is 0 Å². The summed E-state index contributed by atoms with van der Waals surface area (Å²) in [5.41, 5.74) is 0.271. The number of pyridine rings is 1. The van der Waals surface area contributed by atoms with Gasteiger partial charge in [0.05, 0.1) is 28.7 Å². The fourth-order valence-corrected chi connectivity index (χ4v) is 4.06. The number of alkyl halides is 3. The molecule has 2 amide bonds. The summed E-state index contributed by atoms with van der Waals surface area (Å²) in [6.07, 6.45) is -3.92. The maximum atomic E-state index is 13.0. The number of hydrogen-bond donors (Lipinski definition) is 0. The third kappa shape index (κ3) is 5.36. The fourth-order valence-electron chi connectivity index (χ4n) is 3.91. The molecule has 2 aliphatic heterocycles. The van der Waals surface area contributed by atoms with Gasteiger partial charge in [-0.3, -0.25) is 9.78 Å². The number of carbonyl (C=O) groups excluding carboxylic acids is 2. The van der Waals surface area contributed by atoms with Crippen molar-refractivity contribution in [2.24, 2.45) is 5.92 Å². The molecule has 3 heterocycles. The number of amides is 2. The second-order valence-electron chi connectivity index (χ2n) is 8.75. The average Bonchev–Trinajstić information content (AvgIpc) is 2.60. The number of aromatic nitrogens is 1. The Morgan fingerprint density at radius 1 is 1.27 bits per heavy atom. The van der Waals surface area contributed by atoms with Crippen LogP contribution in [-0.2, 0) is 16.0 Å². The molecule has 0 N–H and O–H groups in total. The Labute approximate surface area is 178 Å². The Kier molecular flexibility index (Phi) is 6.23. The first kappa shape index (κ1) is 22.7. The number of halogens is 4. The molecule has 0 radical (unpaired) electrons. The van der Waals surface area contributed by atoms with Gasteiger partial charge < -0.3 is 14.5 Å². The summed E-state index contributed by atoms with van der Waals surface area (Å²) in [6, 6.07) is 1.23. The summed E-state index contributed by atoms with van der Waals surface area (Å²) in [7, 11) is 0. The van der Waals surface area contributed by atoms with Gasteiger partial charge in [-0.15, -0.1) is 0 Å². The minimum Gasteiger partial charge on any atom is -0.444 e. The number of likely N-dealkylation sites (tertiary alicyclic amines) is 1. The lowest BCUT2D eigenvalue weighted by Crippen LogP contribution is -2.53. The molecule has 6 nitrogen and oxygen atoms in total. The van der Waals surface area contributed by atoms with Crippen LogP contribution in [0.15, 0.2) is 12.3 Å². The SMILES string of the molecule is CC(C)(C)OC(=O)N1CCC(N2C(=O)C(CC(F)(F)F)Cc3ncc(Cl)cc32)CC1. The van der Waals surface area contributed by atoms with E-state index in [1.807, 2.05) is 0 Å². The second kappa shape index (κ2) is 8.24. The van der Waals surface area contributed by atoms with Crippen molar-refractivity contribution in [2.75, 3.05) is 18.0 Å². The highest BCUT2D eigenvalue weighted by atomic mass is 35.5. The summed E-state index contributed by atoms with van der Waals surface area (Å²) in [5, 5.41) is 0.312. The van der Waals surface area contributed by atoms with Gasteiger partial charge >= 0.3 is 12.3 Å². The van der Waals surface area contributed by atoms with Gasteiger partial charge in [0.2, 0.25) is 5.91 Å². The Hall–Kier alpha value is -2.03. The molecule has 0 bridgehead atoms. The third-order valence-corrected chi connectivity index (χ3v) is 5.37. The molecule has 1 unspecified atom stereocenters. The van der Waals surface area contributed by atoms with Gasteiger partial charge in [-0.2, -0.15) is 13.2 Å². The summed E-state index contributed by atoms with van der Waals surface area (Å²) < 4.78 is 44.5. The zero-order chi connectivity index (χ0) is 22.3. The molecule has 10 heteroatoms. The van der Waals surface area contributed by atoms with Crippen molar-refractivity contribution in [3.63, 3.8) is 0 Å². The molecular weight excluding hydrogens is 423 g/mol. The predicted octanol–water partition coefficient (Wildman–Crippen LogP) is 4.59. The first-order chi connectivity index (χ1) is 13.8. The predicted molar refractivity (Wildman–Crippen MR) is 105 cm³/mol. The molecule has 30 heavy (non-hydrogen) atoms. The monoisotopic (exact) mass is 447 g/mol. The van der Waals surface area contributed by atoms with Crippen LogP contribution in [0.1, 0.15) is 45.7 Å². The molecule has 2 aliphatic rings. The number of hydrogen-bond acceptors (Lipinski definition) is 4. The molecule has 166 valence electrons. The van der Waals surface area contributed by atoms with Crippen LogP contribution in [0, 0.1) is 5.92 Å². The number of fused-ring (bicyclic) bond motifs is 1. The molecule has 1 fully saturated rings. The molecule has 0 saturated carbocycles. The Morgan fingerprint density at radius 2 is 1.90 bits per heavy atom. The normalized spacial score (nSPS) is 20.9. The van der Waals surface area contributed by atoms with Crippen LogP contribution in [0.3, 0.4) is 0 Å². The van der Waals surface area contributed by atoms with E-state index in [0.717, 1.165) is 0 Å². The second-order valence-corrected chi connectivity index (χ2v) is 9.18. The summed E-state index contributed by atoms with van der Waals surface area (Å²) in [6.45, 7) is 6.02. The van der Waals surface area contributed by atoms with Crippen LogP contribution < -0.4 is 4.90 Å². The van der Waals surface area contributed by atoms with Crippen LogP contribution in [0.4, 0.5) is 23.7 Å². The molecule has 1 atom stereocenters. The Balaban J connectivity index is 1.79. The van der Waals surface area contributed by atoms with E-state index < -0.39 is 36.1 Å². The smallest absolute Gasteiger partial charge is 0.410 e. The molecule has 0 aromatic carbocycles. The molecule has 1 aromatic heterocycles. The van der Waals surface area contributed by atoms with Crippen LogP contribution in [0.5, 0.6) is 0 Å². The van der Waals surface area contributed by atoms with Gasteiger partial charge in [0, 0.05) is 31.7 Å².